The number of alkyl halides is 1. The first-order valence-corrected chi connectivity index (χ1v) is 4.82. The number of carbonyl (C=O) groups excluding carboxylic acids is 2. The standard InChI is InChI=1S/C8H15ClN2O3/c1-14-4-2-3-10-8(13)6-11-7(12)5-9/h2-6H2,1H3,(H,10,13)(H,11,12). The van der Waals surface area contributed by atoms with Gasteiger partial charge in [-0.1, -0.05) is 0 Å². The Bertz CT molecular complexity index is 187. The molecule has 0 fully saturated rings. The normalized spacial score (nSPS) is 9.57. The Labute approximate surface area is 88.1 Å². The van der Waals surface area contributed by atoms with Crippen LogP contribution in [-0.4, -0.2) is 44.5 Å². The van der Waals surface area contributed by atoms with Crippen molar-refractivity contribution in [1.29, 1.82) is 0 Å². The molecular weight excluding hydrogens is 208 g/mol. The van der Waals surface area contributed by atoms with Crippen molar-refractivity contribution >= 4 is 23.4 Å². The Kier molecular flexibility index (Phi) is 8.27. The fourth-order valence-electron chi connectivity index (χ4n) is 0.733. The lowest BCUT2D eigenvalue weighted by molar-refractivity contribution is -0.124. The zero-order chi connectivity index (χ0) is 10.8. The third-order valence-electron chi connectivity index (χ3n) is 1.41. The maximum Gasteiger partial charge on any atom is 0.239 e. The number of methoxy groups -OCH3 is 1. The summed E-state index contributed by atoms with van der Waals surface area (Å²) in [6.07, 6.45) is 0.756. The van der Waals surface area contributed by atoms with Gasteiger partial charge in [-0.2, -0.15) is 0 Å². The van der Waals surface area contributed by atoms with Crippen LogP contribution in [0.15, 0.2) is 0 Å². The van der Waals surface area contributed by atoms with Crippen LogP contribution in [0.3, 0.4) is 0 Å². The van der Waals surface area contributed by atoms with Crippen molar-refractivity contribution in [3.63, 3.8) is 0 Å². The second kappa shape index (κ2) is 8.77. The number of ether oxygens (including phenoxy) is 1. The molecule has 0 bridgehead atoms. The van der Waals surface area contributed by atoms with E-state index in [9.17, 15) is 9.59 Å². The zero-order valence-corrected chi connectivity index (χ0v) is 8.89. The van der Waals surface area contributed by atoms with E-state index < -0.39 is 0 Å². The van der Waals surface area contributed by atoms with Gasteiger partial charge in [0, 0.05) is 20.3 Å². The number of hydrogen-bond donors (Lipinski definition) is 2. The molecule has 0 aliphatic rings. The van der Waals surface area contributed by atoms with Gasteiger partial charge in [0.1, 0.15) is 5.88 Å². The molecule has 0 radical (unpaired) electrons. The minimum Gasteiger partial charge on any atom is -0.385 e. The lowest BCUT2D eigenvalue weighted by Gasteiger charge is -2.05. The summed E-state index contributed by atoms with van der Waals surface area (Å²) in [5, 5.41) is 4.98. The van der Waals surface area contributed by atoms with Gasteiger partial charge in [0.25, 0.3) is 0 Å². The lowest BCUT2D eigenvalue weighted by atomic mass is 10.4. The number of amides is 2. The highest BCUT2D eigenvalue weighted by Gasteiger charge is 2.02. The van der Waals surface area contributed by atoms with Crippen LogP contribution in [0.4, 0.5) is 0 Å². The van der Waals surface area contributed by atoms with Crippen molar-refractivity contribution in [2.24, 2.45) is 0 Å². The van der Waals surface area contributed by atoms with Crippen LogP contribution in [0, 0.1) is 0 Å². The van der Waals surface area contributed by atoms with E-state index in [2.05, 4.69) is 10.6 Å². The molecule has 2 N–H and O–H groups in total. The monoisotopic (exact) mass is 222 g/mol. The van der Waals surface area contributed by atoms with Crippen molar-refractivity contribution in [3.8, 4) is 0 Å². The Balaban J connectivity index is 3.32. The van der Waals surface area contributed by atoms with Crippen LogP contribution in [-0.2, 0) is 14.3 Å². The summed E-state index contributed by atoms with van der Waals surface area (Å²) in [7, 11) is 1.60. The van der Waals surface area contributed by atoms with E-state index >= 15 is 0 Å². The number of hydrogen-bond acceptors (Lipinski definition) is 3. The molecule has 0 spiro atoms. The summed E-state index contributed by atoms with van der Waals surface area (Å²) >= 11 is 5.22. The van der Waals surface area contributed by atoms with Crippen molar-refractivity contribution in [2.75, 3.05) is 32.7 Å². The highest BCUT2D eigenvalue weighted by molar-refractivity contribution is 6.27. The lowest BCUT2D eigenvalue weighted by Crippen LogP contribution is -2.37. The first-order valence-electron chi connectivity index (χ1n) is 4.29. The van der Waals surface area contributed by atoms with E-state index in [0.717, 1.165) is 6.42 Å². The maximum atomic E-state index is 11.0. The van der Waals surface area contributed by atoms with Crippen LogP contribution in [0.25, 0.3) is 0 Å². The van der Waals surface area contributed by atoms with Crippen molar-refractivity contribution < 1.29 is 14.3 Å². The van der Waals surface area contributed by atoms with Crippen molar-refractivity contribution in [2.45, 2.75) is 6.42 Å². The maximum absolute atomic E-state index is 11.0. The summed E-state index contributed by atoms with van der Waals surface area (Å²) in [5.74, 6) is -0.699. The summed E-state index contributed by atoms with van der Waals surface area (Å²) in [4.78, 5) is 21.7. The first-order chi connectivity index (χ1) is 6.70. The number of rotatable bonds is 7. The Morgan fingerprint density at radius 1 is 1.29 bits per heavy atom. The Morgan fingerprint density at radius 2 is 2.00 bits per heavy atom. The molecule has 0 aromatic heterocycles. The molecule has 0 saturated heterocycles. The van der Waals surface area contributed by atoms with Crippen molar-refractivity contribution in [3.05, 3.63) is 0 Å². The summed E-state index contributed by atoms with van der Waals surface area (Å²) < 4.78 is 4.80. The Hall–Kier alpha value is -0.810. The Morgan fingerprint density at radius 3 is 2.57 bits per heavy atom. The van der Waals surface area contributed by atoms with Gasteiger partial charge in [-0.05, 0) is 6.42 Å². The molecular formula is C8H15ClN2O3. The minimum atomic E-state index is -0.348. The van der Waals surface area contributed by atoms with Gasteiger partial charge < -0.3 is 15.4 Å². The SMILES string of the molecule is COCCCNC(=O)CNC(=O)CCl. The molecule has 0 aliphatic heterocycles. The molecule has 14 heavy (non-hydrogen) atoms. The third kappa shape index (κ3) is 7.82. The van der Waals surface area contributed by atoms with E-state index in [1.807, 2.05) is 0 Å². The van der Waals surface area contributed by atoms with E-state index in [1.165, 1.54) is 0 Å². The molecule has 5 nitrogen and oxygen atoms in total. The van der Waals surface area contributed by atoms with Crippen LogP contribution < -0.4 is 10.6 Å². The molecule has 82 valence electrons. The quantitative estimate of drug-likeness (QED) is 0.451. The molecule has 0 heterocycles. The molecule has 0 saturated carbocycles. The zero-order valence-electron chi connectivity index (χ0n) is 8.14. The fraction of sp³-hybridized carbons (Fsp3) is 0.750. The molecule has 0 aliphatic carbocycles. The smallest absolute Gasteiger partial charge is 0.239 e. The highest BCUT2D eigenvalue weighted by Crippen LogP contribution is 1.77. The summed E-state index contributed by atoms with van der Waals surface area (Å²) in [6.45, 7) is 1.12. The second-order valence-electron chi connectivity index (χ2n) is 2.61. The van der Waals surface area contributed by atoms with Crippen molar-refractivity contribution in [1.82, 2.24) is 10.6 Å². The molecule has 0 atom stereocenters. The molecule has 2 amide bonds. The van der Waals surface area contributed by atoms with Gasteiger partial charge in [-0.15, -0.1) is 11.6 Å². The summed E-state index contributed by atoms with van der Waals surface area (Å²) in [6, 6.07) is 0. The predicted octanol–water partition coefficient (Wildman–Crippen LogP) is -0.506. The van der Waals surface area contributed by atoms with Crippen LogP contribution in [0.1, 0.15) is 6.42 Å². The average molecular weight is 223 g/mol. The van der Waals surface area contributed by atoms with Crippen LogP contribution in [0.2, 0.25) is 0 Å². The number of nitrogens with one attached hydrogen (secondary N) is 2. The van der Waals surface area contributed by atoms with Gasteiger partial charge in [0.2, 0.25) is 11.8 Å². The van der Waals surface area contributed by atoms with E-state index in [4.69, 9.17) is 16.3 Å². The van der Waals surface area contributed by atoms with Gasteiger partial charge in [0.05, 0.1) is 6.54 Å². The van der Waals surface area contributed by atoms with Crippen LogP contribution in [0.5, 0.6) is 0 Å². The second-order valence-corrected chi connectivity index (χ2v) is 2.87. The molecule has 0 rings (SSSR count). The largest absolute Gasteiger partial charge is 0.385 e. The van der Waals surface area contributed by atoms with Gasteiger partial charge in [0.15, 0.2) is 0 Å². The minimum absolute atomic E-state index is 0.0292. The fourth-order valence-corrected chi connectivity index (χ4v) is 0.827. The molecule has 6 heteroatoms. The van der Waals surface area contributed by atoms with Crippen LogP contribution >= 0.6 is 11.6 Å². The van der Waals surface area contributed by atoms with Gasteiger partial charge in [-0.3, -0.25) is 9.59 Å². The van der Waals surface area contributed by atoms with E-state index in [-0.39, 0.29) is 24.2 Å². The highest BCUT2D eigenvalue weighted by atomic mass is 35.5. The molecule has 0 aromatic rings. The summed E-state index contributed by atoms with van der Waals surface area (Å²) in [5.41, 5.74) is 0. The third-order valence-corrected chi connectivity index (χ3v) is 1.66. The van der Waals surface area contributed by atoms with Gasteiger partial charge >= 0.3 is 0 Å². The predicted molar refractivity (Wildman–Crippen MR) is 53.2 cm³/mol. The number of halogens is 1. The van der Waals surface area contributed by atoms with E-state index in [1.54, 1.807) is 7.11 Å². The number of carbonyl (C=O) groups is 2. The first kappa shape index (κ1) is 13.2. The molecule has 0 unspecified atom stereocenters. The van der Waals surface area contributed by atoms with E-state index in [0.29, 0.717) is 13.2 Å². The molecule has 0 aromatic carbocycles. The van der Waals surface area contributed by atoms with Gasteiger partial charge in [-0.25, -0.2) is 0 Å². The average Bonchev–Trinajstić information content (AvgIpc) is 2.21. The topological polar surface area (TPSA) is 67.4 Å².